The molecule has 1 aromatic rings. The average Bonchev–Trinajstić information content (AvgIpc) is 2.16. The molecule has 0 radical (unpaired) electrons. The fraction of sp³-hybridized carbons (Fsp3) is 0.222. The van der Waals surface area contributed by atoms with E-state index in [1.54, 1.807) is 13.2 Å². The summed E-state index contributed by atoms with van der Waals surface area (Å²) in [5.74, 6) is 0.605. The Morgan fingerprint density at radius 1 is 1.54 bits per heavy atom. The number of carbonyl (C=O) groups excluding carboxylic acids is 1. The van der Waals surface area contributed by atoms with Crippen molar-refractivity contribution in [3.05, 3.63) is 22.2 Å². The van der Waals surface area contributed by atoms with Gasteiger partial charge in [0.15, 0.2) is 6.29 Å². The Kier molecular flexibility index (Phi) is 3.81. The van der Waals surface area contributed by atoms with Crippen LogP contribution in [0.25, 0.3) is 0 Å². The molecule has 0 bridgehead atoms. The van der Waals surface area contributed by atoms with Crippen molar-refractivity contribution in [1.82, 2.24) is 0 Å². The van der Waals surface area contributed by atoms with Crippen LogP contribution in [0.3, 0.4) is 0 Å². The lowest BCUT2D eigenvalue weighted by molar-refractivity contribution is 0.111. The molecule has 0 N–H and O–H groups in total. The number of rotatable bonds is 3. The summed E-state index contributed by atoms with van der Waals surface area (Å²) in [6.45, 7) is 0. The third-order valence-electron chi connectivity index (χ3n) is 1.63. The lowest BCUT2D eigenvalue weighted by Crippen LogP contribution is -1.92. The predicted octanol–water partition coefficient (Wildman–Crippen LogP) is 2.99. The normalized spacial score (nSPS) is 9.77. The van der Waals surface area contributed by atoms with Crippen LogP contribution in [0.4, 0.5) is 0 Å². The van der Waals surface area contributed by atoms with Crippen molar-refractivity contribution in [3.8, 4) is 5.75 Å². The number of ether oxygens (including phenoxy) is 1. The molecule has 0 fully saturated rings. The number of methoxy groups -OCH3 is 1. The van der Waals surface area contributed by atoms with Crippen molar-refractivity contribution in [3.63, 3.8) is 0 Å². The van der Waals surface area contributed by atoms with Gasteiger partial charge in [-0.3, -0.25) is 4.79 Å². The van der Waals surface area contributed by atoms with Gasteiger partial charge in [0.05, 0.1) is 12.7 Å². The highest BCUT2D eigenvalue weighted by Gasteiger charge is 2.08. The number of halogens is 1. The molecular formula is C9H9BrO2S. The summed E-state index contributed by atoms with van der Waals surface area (Å²) in [5.41, 5.74) is 0.609. The largest absolute Gasteiger partial charge is 0.496 e. The Bertz CT molecular complexity index is 300. The first kappa shape index (κ1) is 10.6. The van der Waals surface area contributed by atoms with E-state index in [9.17, 15) is 4.79 Å². The molecule has 1 rings (SSSR count). The van der Waals surface area contributed by atoms with E-state index in [2.05, 4.69) is 15.9 Å². The van der Waals surface area contributed by atoms with Crippen LogP contribution < -0.4 is 4.74 Å². The Morgan fingerprint density at radius 2 is 2.23 bits per heavy atom. The summed E-state index contributed by atoms with van der Waals surface area (Å²) in [4.78, 5) is 11.7. The van der Waals surface area contributed by atoms with Gasteiger partial charge in [-0.1, -0.05) is 15.9 Å². The molecule has 0 saturated carbocycles. The number of hydrogen-bond donors (Lipinski definition) is 0. The van der Waals surface area contributed by atoms with Crippen LogP contribution in [0.1, 0.15) is 10.4 Å². The molecule has 0 saturated heterocycles. The molecule has 0 atom stereocenters. The van der Waals surface area contributed by atoms with E-state index < -0.39 is 0 Å². The summed E-state index contributed by atoms with van der Waals surface area (Å²) in [7, 11) is 1.55. The van der Waals surface area contributed by atoms with Gasteiger partial charge in [-0.2, -0.15) is 0 Å². The van der Waals surface area contributed by atoms with Crippen LogP contribution in [-0.2, 0) is 0 Å². The molecule has 2 nitrogen and oxygen atoms in total. The minimum Gasteiger partial charge on any atom is -0.496 e. The van der Waals surface area contributed by atoms with Gasteiger partial charge >= 0.3 is 0 Å². The Morgan fingerprint density at radius 3 is 2.69 bits per heavy atom. The summed E-state index contributed by atoms with van der Waals surface area (Å²) in [6.07, 6.45) is 2.74. The number of thioether (sulfide) groups is 1. The number of benzene rings is 1. The second kappa shape index (κ2) is 4.67. The minimum atomic E-state index is 0.605. The topological polar surface area (TPSA) is 26.3 Å². The molecule has 0 aliphatic rings. The molecule has 0 aliphatic carbocycles. The summed E-state index contributed by atoms with van der Waals surface area (Å²) < 4.78 is 6.00. The summed E-state index contributed by atoms with van der Waals surface area (Å²) >= 11 is 4.87. The van der Waals surface area contributed by atoms with Gasteiger partial charge in [0, 0.05) is 9.37 Å². The van der Waals surface area contributed by atoms with Gasteiger partial charge in [0.2, 0.25) is 0 Å². The van der Waals surface area contributed by atoms with E-state index in [1.807, 2.05) is 12.3 Å². The standard InChI is InChI=1S/C9H9BrO2S/c1-12-8-3-6(10)4-9(13-2)7(8)5-11/h3-5H,1-2H3. The molecule has 0 heterocycles. The van der Waals surface area contributed by atoms with Crippen LogP contribution in [0, 0.1) is 0 Å². The van der Waals surface area contributed by atoms with E-state index in [-0.39, 0.29) is 0 Å². The SMILES string of the molecule is COc1cc(Br)cc(SC)c1C=O. The van der Waals surface area contributed by atoms with Crippen molar-refractivity contribution in [2.45, 2.75) is 4.90 Å². The molecule has 4 heteroatoms. The molecule has 0 aromatic heterocycles. The average molecular weight is 261 g/mol. The third-order valence-corrected chi connectivity index (χ3v) is 2.86. The van der Waals surface area contributed by atoms with Crippen molar-refractivity contribution in [2.24, 2.45) is 0 Å². The van der Waals surface area contributed by atoms with Crippen molar-refractivity contribution in [2.75, 3.05) is 13.4 Å². The molecule has 13 heavy (non-hydrogen) atoms. The first-order valence-corrected chi connectivity index (χ1v) is 5.61. The third kappa shape index (κ3) is 2.25. The van der Waals surface area contributed by atoms with Crippen molar-refractivity contribution in [1.29, 1.82) is 0 Å². The number of aldehydes is 1. The Balaban J connectivity index is 3.33. The maximum atomic E-state index is 10.8. The van der Waals surface area contributed by atoms with Crippen LogP contribution in [-0.4, -0.2) is 19.7 Å². The summed E-state index contributed by atoms with van der Waals surface area (Å²) in [6, 6.07) is 3.68. The molecule has 0 unspecified atom stereocenters. The fourth-order valence-corrected chi connectivity index (χ4v) is 2.22. The van der Waals surface area contributed by atoms with Gasteiger partial charge in [-0.05, 0) is 18.4 Å². The van der Waals surface area contributed by atoms with Crippen LogP contribution in [0.5, 0.6) is 5.75 Å². The van der Waals surface area contributed by atoms with E-state index >= 15 is 0 Å². The first-order chi connectivity index (χ1) is 6.22. The van der Waals surface area contributed by atoms with Gasteiger partial charge in [-0.25, -0.2) is 0 Å². The lowest BCUT2D eigenvalue weighted by Gasteiger charge is -2.07. The Labute approximate surface area is 89.8 Å². The maximum Gasteiger partial charge on any atom is 0.154 e. The zero-order valence-electron chi connectivity index (χ0n) is 7.33. The maximum absolute atomic E-state index is 10.8. The molecular weight excluding hydrogens is 252 g/mol. The highest BCUT2D eigenvalue weighted by Crippen LogP contribution is 2.31. The monoisotopic (exact) mass is 260 g/mol. The second-order valence-corrected chi connectivity index (χ2v) is 4.11. The van der Waals surface area contributed by atoms with Crippen LogP contribution >= 0.6 is 27.7 Å². The predicted molar refractivity (Wildman–Crippen MR) is 57.9 cm³/mol. The van der Waals surface area contributed by atoms with Gasteiger partial charge in [0.1, 0.15) is 5.75 Å². The number of hydrogen-bond acceptors (Lipinski definition) is 3. The van der Waals surface area contributed by atoms with Gasteiger partial charge < -0.3 is 4.74 Å². The second-order valence-electron chi connectivity index (χ2n) is 2.34. The smallest absolute Gasteiger partial charge is 0.154 e. The highest BCUT2D eigenvalue weighted by molar-refractivity contribution is 9.10. The van der Waals surface area contributed by atoms with Gasteiger partial charge in [0.25, 0.3) is 0 Å². The summed E-state index contributed by atoms with van der Waals surface area (Å²) in [5, 5.41) is 0. The Hall–Kier alpha value is -0.480. The van der Waals surface area contributed by atoms with Crippen molar-refractivity contribution < 1.29 is 9.53 Å². The zero-order chi connectivity index (χ0) is 9.84. The fourth-order valence-electron chi connectivity index (χ4n) is 1.02. The lowest BCUT2D eigenvalue weighted by atomic mass is 10.2. The van der Waals surface area contributed by atoms with E-state index in [0.29, 0.717) is 11.3 Å². The molecule has 1 aromatic carbocycles. The number of carbonyl (C=O) groups is 1. The van der Waals surface area contributed by atoms with E-state index in [0.717, 1.165) is 15.7 Å². The van der Waals surface area contributed by atoms with Crippen LogP contribution in [0.15, 0.2) is 21.5 Å². The van der Waals surface area contributed by atoms with E-state index in [4.69, 9.17) is 4.74 Å². The molecule has 0 amide bonds. The zero-order valence-corrected chi connectivity index (χ0v) is 9.74. The molecule has 70 valence electrons. The van der Waals surface area contributed by atoms with Gasteiger partial charge in [-0.15, -0.1) is 11.8 Å². The molecule has 0 aliphatic heterocycles. The van der Waals surface area contributed by atoms with Crippen LogP contribution in [0.2, 0.25) is 0 Å². The van der Waals surface area contributed by atoms with Crippen molar-refractivity contribution >= 4 is 34.0 Å². The highest BCUT2D eigenvalue weighted by atomic mass is 79.9. The minimum absolute atomic E-state index is 0.605. The van der Waals surface area contributed by atoms with E-state index in [1.165, 1.54) is 11.8 Å². The molecule has 0 spiro atoms. The first-order valence-electron chi connectivity index (χ1n) is 3.59. The quantitative estimate of drug-likeness (QED) is 0.618.